The molecule has 8 heteroatoms. The van der Waals surface area contributed by atoms with Crippen LogP contribution in [0.15, 0.2) is 30.5 Å². The second-order valence-corrected chi connectivity index (χ2v) is 6.35. The minimum atomic E-state index is -0.345. The van der Waals surface area contributed by atoms with E-state index < -0.39 is 0 Å². The van der Waals surface area contributed by atoms with Crippen LogP contribution in [0.4, 0.5) is 5.69 Å². The molecule has 2 amide bonds. The van der Waals surface area contributed by atoms with E-state index in [9.17, 15) is 9.59 Å². The topological polar surface area (TPSA) is 116 Å². The first kappa shape index (κ1) is 21.4. The van der Waals surface area contributed by atoms with Crippen LogP contribution >= 0.6 is 0 Å². The molecule has 1 aliphatic rings. The summed E-state index contributed by atoms with van der Waals surface area (Å²) in [6.45, 7) is 2.32. The van der Waals surface area contributed by atoms with Crippen molar-refractivity contribution in [1.82, 2.24) is 15.5 Å². The van der Waals surface area contributed by atoms with Crippen LogP contribution in [0.2, 0.25) is 0 Å². The molecule has 0 bridgehead atoms. The number of hydrogen-bond acceptors (Lipinski definition) is 5. The molecule has 0 atom stereocenters. The third kappa shape index (κ3) is 5.56. The Bertz CT molecular complexity index is 769. The molecule has 4 N–H and O–H groups in total. The van der Waals surface area contributed by atoms with Gasteiger partial charge in [-0.1, -0.05) is 31.4 Å². The molecule has 0 unspecified atom stereocenters. The summed E-state index contributed by atoms with van der Waals surface area (Å²) in [5, 5.41) is 19.4. The molecule has 3 rings (SSSR count). The smallest absolute Gasteiger partial charge is 0.271 e. The maximum atomic E-state index is 12.6. The van der Waals surface area contributed by atoms with E-state index in [2.05, 4.69) is 20.8 Å². The second kappa shape index (κ2) is 11.1. The van der Waals surface area contributed by atoms with Crippen LogP contribution in [0.5, 0.6) is 5.75 Å². The van der Waals surface area contributed by atoms with E-state index >= 15 is 0 Å². The number of carbonyl (C=O) groups is 2. The third-order valence-corrected chi connectivity index (χ3v) is 4.49. The van der Waals surface area contributed by atoms with E-state index in [0.29, 0.717) is 23.6 Å². The highest BCUT2D eigenvalue weighted by Gasteiger charge is 2.22. The Hall–Kier alpha value is -2.87. The molecule has 0 spiro atoms. The zero-order valence-electron chi connectivity index (χ0n) is 16.3. The van der Waals surface area contributed by atoms with Crippen LogP contribution in [-0.4, -0.2) is 46.9 Å². The predicted molar refractivity (Wildman–Crippen MR) is 107 cm³/mol. The van der Waals surface area contributed by atoms with Gasteiger partial charge in [0.25, 0.3) is 11.8 Å². The Morgan fingerprint density at radius 2 is 1.89 bits per heavy atom. The number of amides is 2. The summed E-state index contributed by atoms with van der Waals surface area (Å²) in [6, 6.07) is 7.18. The van der Waals surface area contributed by atoms with Gasteiger partial charge in [-0.15, -0.1) is 0 Å². The van der Waals surface area contributed by atoms with Crippen molar-refractivity contribution in [1.29, 1.82) is 0 Å². The lowest BCUT2D eigenvalue weighted by Crippen LogP contribution is -2.36. The number of carbonyl (C=O) groups excluding carboxylic acids is 2. The number of aromatic nitrogens is 2. The first-order valence-electron chi connectivity index (χ1n) is 9.51. The first-order chi connectivity index (χ1) is 13.7. The fourth-order valence-corrected chi connectivity index (χ4v) is 3.18. The minimum Gasteiger partial charge on any atom is -0.493 e. The quantitative estimate of drug-likeness (QED) is 0.607. The standard InChI is InChI=1S/C19H24N4O3.CH4O/c1-2-26-16-11-7-6-10-14(16)18(24)22-15-12-20-23-17(15)19(25)21-13-8-4-3-5-9-13;1-2/h6-7,10-13H,2-5,8-9H2,1H3,(H,20,23)(H,21,25)(H,22,24);2H,1H3. The molecule has 152 valence electrons. The molecule has 1 fully saturated rings. The van der Waals surface area contributed by atoms with Crippen molar-refractivity contribution in [3.8, 4) is 5.75 Å². The number of para-hydroxylation sites is 1. The van der Waals surface area contributed by atoms with Crippen LogP contribution in [0.3, 0.4) is 0 Å². The van der Waals surface area contributed by atoms with Crippen LogP contribution in [0.25, 0.3) is 0 Å². The highest BCUT2D eigenvalue weighted by atomic mass is 16.5. The number of aliphatic hydroxyl groups is 1. The van der Waals surface area contributed by atoms with Crippen molar-refractivity contribution in [2.45, 2.75) is 45.1 Å². The largest absolute Gasteiger partial charge is 0.493 e. The normalized spacial score (nSPS) is 13.8. The van der Waals surface area contributed by atoms with Gasteiger partial charge in [0.15, 0.2) is 0 Å². The molecule has 28 heavy (non-hydrogen) atoms. The number of anilines is 1. The molecule has 1 aromatic heterocycles. The summed E-state index contributed by atoms with van der Waals surface area (Å²) in [7, 11) is 1.00. The van der Waals surface area contributed by atoms with Gasteiger partial charge in [0, 0.05) is 13.2 Å². The lowest BCUT2D eigenvalue weighted by Gasteiger charge is -2.22. The number of H-pyrrole nitrogens is 1. The fourth-order valence-electron chi connectivity index (χ4n) is 3.18. The Morgan fingerprint density at radius 3 is 2.61 bits per heavy atom. The number of rotatable bonds is 6. The molecule has 1 saturated carbocycles. The molecule has 0 aliphatic heterocycles. The number of nitrogens with one attached hydrogen (secondary N) is 3. The maximum absolute atomic E-state index is 12.6. The van der Waals surface area contributed by atoms with Gasteiger partial charge in [-0.2, -0.15) is 5.10 Å². The highest BCUT2D eigenvalue weighted by molar-refractivity contribution is 6.09. The van der Waals surface area contributed by atoms with Crippen molar-refractivity contribution >= 4 is 17.5 Å². The molecule has 8 nitrogen and oxygen atoms in total. The maximum Gasteiger partial charge on any atom is 0.271 e. The Kier molecular flexibility index (Phi) is 8.48. The fraction of sp³-hybridized carbons (Fsp3) is 0.450. The van der Waals surface area contributed by atoms with E-state index in [0.717, 1.165) is 32.8 Å². The molecule has 0 radical (unpaired) electrons. The molecular formula is C20H28N4O4. The van der Waals surface area contributed by atoms with Crippen molar-refractivity contribution in [2.24, 2.45) is 0 Å². The van der Waals surface area contributed by atoms with Crippen molar-refractivity contribution in [2.75, 3.05) is 19.0 Å². The summed E-state index contributed by atoms with van der Waals surface area (Å²) in [5.41, 5.74) is 1.03. The summed E-state index contributed by atoms with van der Waals surface area (Å²) in [6.07, 6.45) is 6.90. The summed E-state index contributed by atoms with van der Waals surface area (Å²) in [5.74, 6) is -0.0887. The van der Waals surface area contributed by atoms with Gasteiger partial charge in [-0.3, -0.25) is 14.7 Å². The minimum absolute atomic E-state index is 0.182. The Labute approximate surface area is 164 Å². The molecule has 1 aromatic carbocycles. The molecule has 2 aromatic rings. The average Bonchev–Trinajstić information content (AvgIpc) is 3.19. The van der Waals surface area contributed by atoms with Crippen LogP contribution in [0, 0.1) is 0 Å². The highest BCUT2D eigenvalue weighted by Crippen LogP contribution is 2.22. The van der Waals surface area contributed by atoms with Gasteiger partial charge >= 0.3 is 0 Å². The summed E-state index contributed by atoms with van der Waals surface area (Å²) < 4.78 is 5.49. The van der Waals surface area contributed by atoms with Gasteiger partial charge in [-0.25, -0.2) is 0 Å². The third-order valence-electron chi connectivity index (χ3n) is 4.49. The van der Waals surface area contributed by atoms with Gasteiger partial charge in [0.1, 0.15) is 11.4 Å². The first-order valence-corrected chi connectivity index (χ1v) is 9.51. The van der Waals surface area contributed by atoms with E-state index in [-0.39, 0.29) is 23.6 Å². The Morgan fingerprint density at radius 1 is 1.18 bits per heavy atom. The molecular weight excluding hydrogens is 360 g/mol. The predicted octanol–water partition coefficient (Wildman–Crippen LogP) is 2.73. The zero-order valence-corrected chi connectivity index (χ0v) is 16.3. The average molecular weight is 388 g/mol. The number of nitrogens with zero attached hydrogens (tertiary/aromatic N) is 1. The van der Waals surface area contributed by atoms with Gasteiger partial charge in [0.2, 0.25) is 0 Å². The summed E-state index contributed by atoms with van der Waals surface area (Å²) >= 11 is 0. The number of ether oxygens (including phenoxy) is 1. The zero-order chi connectivity index (χ0) is 20.4. The number of aliphatic hydroxyl groups excluding tert-OH is 1. The van der Waals surface area contributed by atoms with E-state index in [1.165, 1.54) is 12.6 Å². The second-order valence-electron chi connectivity index (χ2n) is 6.35. The number of aromatic amines is 1. The molecule has 0 saturated heterocycles. The molecule has 1 aliphatic carbocycles. The molecule has 1 heterocycles. The monoisotopic (exact) mass is 388 g/mol. The SMILES string of the molecule is CCOc1ccccc1C(=O)Nc1cn[nH]c1C(=O)NC1CCCCC1.CO. The van der Waals surface area contributed by atoms with Gasteiger partial charge in [-0.05, 0) is 31.9 Å². The van der Waals surface area contributed by atoms with Crippen molar-refractivity contribution in [3.63, 3.8) is 0 Å². The van der Waals surface area contributed by atoms with E-state index in [1.807, 2.05) is 13.0 Å². The van der Waals surface area contributed by atoms with Crippen LogP contribution in [0.1, 0.15) is 59.9 Å². The van der Waals surface area contributed by atoms with Crippen LogP contribution in [-0.2, 0) is 0 Å². The number of benzene rings is 1. The van der Waals surface area contributed by atoms with Crippen LogP contribution < -0.4 is 15.4 Å². The Balaban J connectivity index is 0.00000136. The van der Waals surface area contributed by atoms with Gasteiger partial charge < -0.3 is 20.5 Å². The van der Waals surface area contributed by atoms with Crippen molar-refractivity contribution in [3.05, 3.63) is 41.7 Å². The summed E-state index contributed by atoms with van der Waals surface area (Å²) in [4.78, 5) is 25.1. The van der Waals surface area contributed by atoms with Crippen molar-refractivity contribution < 1.29 is 19.4 Å². The number of hydrogen-bond donors (Lipinski definition) is 4. The van der Waals surface area contributed by atoms with E-state index in [4.69, 9.17) is 9.84 Å². The lowest BCUT2D eigenvalue weighted by atomic mass is 9.95. The van der Waals surface area contributed by atoms with Gasteiger partial charge in [0.05, 0.1) is 24.1 Å². The lowest BCUT2D eigenvalue weighted by molar-refractivity contribution is 0.0923. The van der Waals surface area contributed by atoms with E-state index in [1.54, 1.807) is 18.2 Å².